The lowest BCUT2D eigenvalue weighted by molar-refractivity contribution is -0.131. The predicted octanol–water partition coefficient (Wildman–Crippen LogP) is 5.96. The molecule has 7 atom stereocenters. The van der Waals surface area contributed by atoms with Crippen LogP contribution < -0.4 is 0 Å². The molecule has 0 N–H and O–H groups in total. The van der Waals surface area contributed by atoms with Gasteiger partial charge in [0.2, 0.25) is 0 Å². The summed E-state index contributed by atoms with van der Waals surface area (Å²) in [5, 5.41) is 0. The number of hydrogen-bond donors (Lipinski definition) is 0. The smallest absolute Gasteiger partial charge is 0.133 e. The second-order valence-corrected chi connectivity index (χ2v) is 9.83. The maximum atomic E-state index is 12.2. The Kier molecular flexibility index (Phi) is 3.86. The molecule has 1 unspecified atom stereocenters. The Morgan fingerprint density at radius 1 is 1.12 bits per heavy atom. The highest BCUT2D eigenvalue weighted by Gasteiger charge is 2.60. The van der Waals surface area contributed by atoms with Crippen LogP contribution in [0.2, 0.25) is 0 Å². The van der Waals surface area contributed by atoms with E-state index in [2.05, 4.69) is 32.6 Å². The van der Waals surface area contributed by atoms with Crippen LogP contribution in [0.1, 0.15) is 72.1 Å². The summed E-state index contributed by atoms with van der Waals surface area (Å²) in [7, 11) is 0. The second-order valence-electron chi connectivity index (χ2n) is 9.83. The van der Waals surface area contributed by atoms with E-state index in [1.807, 2.05) is 6.92 Å². The van der Waals surface area contributed by atoms with Crippen LogP contribution in [-0.2, 0) is 4.79 Å². The van der Waals surface area contributed by atoms with E-state index in [0.29, 0.717) is 22.5 Å². The average Bonchev–Trinajstić information content (AvgIpc) is 2.91. The van der Waals surface area contributed by atoms with E-state index in [9.17, 15) is 4.79 Å². The van der Waals surface area contributed by atoms with Gasteiger partial charge in [0.1, 0.15) is 5.78 Å². The molecule has 3 fully saturated rings. The lowest BCUT2D eigenvalue weighted by Crippen LogP contribution is -2.52. The van der Waals surface area contributed by atoms with Crippen LogP contribution >= 0.6 is 0 Å². The Balaban J connectivity index is 1.63. The van der Waals surface area contributed by atoms with Crippen molar-refractivity contribution in [1.29, 1.82) is 0 Å². The lowest BCUT2D eigenvalue weighted by atomic mass is 9.45. The van der Waals surface area contributed by atoms with E-state index >= 15 is 0 Å². The van der Waals surface area contributed by atoms with Crippen LogP contribution in [0, 0.1) is 40.4 Å². The Morgan fingerprint density at radius 3 is 2.58 bits per heavy atom. The molecular weight excluding hydrogens is 292 g/mol. The minimum Gasteiger partial charge on any atom is -0.300 e. The highest BCUT2D eigenvalue weighted by Crippen LogP contribution is 2.67. The quantitative estimate of drug-likeness (QED) is 0.612. The van der Waals surface area contributed by atoms with E-state index in [4.69, 9.17) is 0 Å². The van der Waals surface area contributed by atoms with Gasteiger partial charge in [-0.15, -0.1) is 0 Å². The van der Waals surface area contributed by atoms with Crippen molar-refractivity contribution in [3.8, 4) is 0 Å². The fraction of sp³-hybridized carbons (Fsp3) is 0.783. The Hall–Kier alpha value is -0.850. The van der Waals surface area contributed by atoms with Crippen LogP contribution in [-0.4, -0.2) is 5.78 Å². The van der Waals surface area contributed by atoms with Crippen LogP contribution in [0.3, 0.4) is 0 Å². The molecule has 0 bridgehead atoms. The summed E-state index contributed by atoms with van der Waals surface area (Å²) in [4.78, 5) is 12.2. The fourth-order valence-electron chi connectivity index (χ4n) is 7.74. The van der Waals surface area contributed by atoms with E-state index < -0.39 is 0 Å². The molecule has 0 saturated heterocycles. The summed E-state index contributed by atoms with van der Waals surface area (Å²) in [5.74, 6) is 4.19. The number of hydrogen-bond acceptors (Lipinski definition) is 1. The Labute approximate surface area is 148 Å². The highest BCUT2D eigenvalue weighted by molar-refractivity contribution is 5.79. The molecule has 0 aromatic heterocycles. The summed E-state index contributed by atoms with van der Waals surface area (Å²) in [6.45, 7) is 10.9. The maximum absolute atomic E-state index is 12.2. The van der Waals surface area contributed by atoms with Gasteiger partial charge < -0.3 is 0 Å². The zero-order chi connectivity index (χ0) is 17.1. The standard InChI is InChI=1S/C23H34O/c1-5-16-10-12-22(3)17(14-16)6-7-18-20-9-8-19(15(2)24)23(20,4)13-11-21(18)22/h5,10,17-21H,1,6-9,11-14H2,2-4H3/t17?,18-,19+,20-,21-,22-,23+/m0/s1. The number of rotatable bonds is 2. The van der Waals surface area contributed by atoms with Gasteiger partial charge in [-0.2, -0.15) is 0 Å². The number of fused-ring (bicyclic) bond motifs is 5. The largest absolute Gasteiger partial charge is 0.300 e. The van der Waals surface area contributed by atoms with Crippen molar-refractivity contribution >= 4 is 5.78 Å². The predicted molar refractivity (Wildman–Crippen MR) is 99.6 cm³/mol. The molecule has 4 aliphatic carbocycles. The first-order valence-corrected chi connectivity index (χ1v) is 10.2. The van der Waals surface area contributed by atoms with Crippen molar-refractivity contribution in [2.75, 3.05) is 0 Å². The monoisotopic (exact) mass is 326 g/mol. The lowest BCUT2D eigenvalue weighted by Gasteiger charge is -2.60. The number of ketones is 1. The van der Waals surface area contributed by atoms with E-state index in [1.165, 1.54) is 50.5 Å². The fourth-order valence-corrected chi connectivity index (χ4v) is 7.74. The normalized spacial score (nSPS) is 50.3. The van der Waals surface area contributed by atoms with E-state index in [1.54, 1.807) is 0 Å². The van der Waals surface area contributed by atoms with Crippen LogP contribution in [0.5, 0.6) is 0 Å². The van der Waals surface area contributed by atoms with Gasteiger partial charge in [-0.25, -0.2) is 0 Å². The van der Waals surface area contributed by atoms with E-state index in [-0.39, 0.29) is 0 Å². The molecule has 0 aromatic rings. The minimum absolute atomic E-state index is 0.299. The molecule has 0 aromatic carbocycles. The van der Waals surface area contributed by atoms with Crippen molar-refractivity contribution < 1.29 is 4.79 Å². The maximum Gasteiger partial charge on any atom is 0.133 e. The molecule has 4 aliphatic rings. The molecule has 0 spiro atoms. The third-order valence-corrected chi connectivity index (χ3v) is 9.10. The van der Waals surface area contributed by atoms with Gasteiger partial charge in [-0.1, -0.05) is 38.2 Å². The third kappa shape index (κ3) is 2.15. The van der Waals surface area contributed by atoms with Gasteiger partial charge in [-0.05, 0) is 92.8 Å². The topological polar surface area (TPSA) is 17.1 Å². The first-order valence-electron chi connectivity index (χ1n) is 10.2. The van der Waals surface area contributed by atoms with Crippen molar-refractivity contribution in [3.05, 3.63) is 24.3 Å². The number of carbonyl (C=O) groups excluding carboxylic acids is 1. The molecule has 24 heavy (non-hydrogen) atoms. The zero-order valence-electron chi connectivity index (χ0n) is 15.8. The second kappa shape index (κ2) is 5.58. The Morgan fingerprint density at radius 2 is 1.88 bits per heavy atom. The van der Waals surface area contributed by atoms with Crippen molar-refractivity contribution in [2.45, 2.75) is 72.1 Å². The highest BCUT2D eigenvalue weighted by atomic mass is 16.1. The molecule has 4 rings (SSSR count). The molecular formula is C23H34O. The molecule has 1 nitrogen and oxygen atoms in total. The molecule has 0 aliphatic heterocycles. The number of Topliss-reactive ketones (excluding diaryl/α,β-unsaturated/α-hetero) is 1. The summed E-state index contributed by atoms with van der Waals surface area (Å²) in [6, 6.07) is 0. The van der Waals surface area contributed by atoms with Gasteiger partial charge in [0.15, 0.2) is 0 Å². The first-order chi connectivity index (χ1) is 11.4. The van der Waals surface area contributed by atoms with Gasteiger partial charge in [-0.3, -0.25) is 4.79 Å². The molecule has 1 heteroatoms. The third-order valence-electron chi connectivity index (χ3n) is 9.10. The van der Waals surface area contributed by atoms with Crippen LogP contribution in [0.25, 0.3) is 0 Å². The number of carbonyl (C=O) groups is 1. The minimum atomic E-state index is 0.299. The van der Waals surface area contributed by atoms with E-state index in [0.717, 1.165) is 30.1 Å². The first kappa shape index (κ1) is 16.6. The SMILES string of the molecule is C=CC1=CC[C@@]2(C)C(CC[C@H]3[C@@H]4CC[C@H](C(C)=O)[C@@]4(C)CC[C@@H]32)C1. The van der Waals surface area contributed by atoms with Gasteiger partial charge in [0.05, 0.1) is 0 Å². The molecule has 0 amide bonds. The molecule has 0 radical (unpaired) electrons. The van der Waals surface area contributed by atoms with Crippen LogP contribution in [0.4, 0.5) is 0 Å². The van der Waals surface area contributed by atoms with Gasteiger partial charge in [0, 0.05) is 5.92 Å². The van der Waals surface area contributed by atoms with Gasteiger partial charge >= 0.3 is 0 Å². The van der Waals surface area contributed by atoms with Crippen molar-refractivity contribution in [1.82, 2.24) is 0 Å². The number of allylic oxidation sites excluding steroid dienone is 3. The summed E-state index contributed by atoms with van der Waals surface area (Å²) in [6.07, 6.45) is 14.9. The summed E-state index contributed by atoms with van der Waals surface area (Å²) in [5.41, 5.74) is 2.27. The summed E-state index contributed by atoms with van der Waals surface area (Å²) < 4.78 is 0. The van der Waals surface area contributed by atoms with Gasteiger partial charge in [0.25, 0.3) is 0 Å². The Bertz CT molecular complexity index is 587. The van der Waals surface area contributed by atoms with Crippen molar-refractivity contribution in [3.63, 3.8) is 0 Å². The van der Waals surface area contributed by atoms with Crippen molar-refractivity contribution in [2.24, 2.45) is 40.4 Å². The zero-order valence-corrected chi connectivity index (χ0v) is 15.8. The van der Waals surface area contributed by atoms with Crippen LogP contribution in [0.15, 0.2) is 24.3 Å². The molecule has 132 valence electrons. The summed E-state index contributed by atoms with van der Waals surface area (Å²) >= 11 is 0. The molecule has 0 heterocycles. The molecule has 3 saturated carbocycles. The average molecular weight is 327 g/mol.